The second-order valence-corrected chi connectivity index (χ2v) is 14.8. The molecule has 4 aliphatic rings. The zero-order valence-corrected chi connectivity index (χ0v) is 32.0. The highest BCUT2D eigenvalue weighted by Crippen LogP contribution is 2.35. The topological polar surface area (TPSA) is 252 Å². The number of anilines is 2. The molecular formula is C33H42Cl2N14O7. The van der Waals surface area contributed by atoms with E-state index in [1.165, 1.54) is 10.9 Å². The van der Waals surface area contributed by atoms with Crippen molar-refractivity contribution in [3.63, 3.8) is 0 Å². The Morgan fingerprint density at radius 2 is 1.30 bits per heavy atom. The van der Waals surface area contributed by atoms with Gasteiger partial charge in [0.2, 0.25) is 16.5 Å². The largest absolute Gasteiger partial charge is 0.387 e. The summed E-state index contributed by atoms with van der Waals surface area (Å²) in [5.41, 5.74) is 1.56. The van der Waals surface area contributed by atoms with Crippen LogP contribution in [0, 0.1) is 0 Å². The quantitative estimate of drug-likeness (QED) is 0.120. The molecule has 4 aromatic heterocycles. The molecule has 4 amide bonds. The fraction of sp³-hybridized carbons (Fsp3) is 0.606. The molecule has 0 unspecified atom stereocenters. The Balaban J connectivity index is 0.891. The van der Waals surface area contributed by atoms with Gasteiger partial charge in [0.05, 0.1) is 12.7 Å². The fourth-order valence-electron chi connectivity index (χ4n) is 7.75. The van der Waals surface area contributed by atoms with Gasteiger partial charge >= 0.3 is 6.03 Å². The van der Waals surface area contributed by atoms with Crippen LogP contribution in [0.3, 0.4) is 0 Å². The Hall–Kier alpha value is -4.67. The van der Waals surface area contributed by atoms with Gasteiger partial charge in [0, 0.05) is 51.4 Å². The molecule has 0 spiro atoms. The summed E-state index contributed by atoms with van der Waals surface area (Å²) < 4.78 is 15.0. The monoisotopic (exact) mass is 816 g/mol. The number of fused-ring (bicyclic) bond motifs is 2. The van der Waals surface area contributed by atoms with Gasteiger partial charge in [0.15, 0.2) is 46.3 Å². The number of urea groups is 1. The minimum absolute atomic E-state index is 0.0314. The summed E-state index contributed by atoms with van der Waals surface area (Å²) in [5.74, 6) is 0.0834. The molecule has 4 fully saturated rings. The van der Waals surface area contributed by atoms with E-state index in [-0.39, 0.29) is 40.2 Å². The molecule has 21 nitrogen and oxygen atoms in total. The first-order valence-corrected chi connectivity index (χ1v) is 19.4. The van der Waals surface area contributed by atoms with Gasteiger partial charge < -0.3 is 50.8 Å². The number of imidazole rings is 2. The molecular weight excluding hydrogens is 775 g/mol. The van der Waals surface area contributed by atoms with E-state index in [9.17, 15) is 24.6 Å². The molecule has 0 aromatic carbocycles. The number of likely N-dealkylation sites (tertiary alicyclic amines) is 2. The van der Waals surface area contributed by atoms with E-state index >= 15 is 0 Å². The Morgan fingerprint density at radius 3 is 1.89 bits per heavy atom. The zero-order valence-electron chi connectivity index (χ0n) is 30.5. The van der Waals surface area contributed by atoms with Crippen molar-refractivity contribution in [1.29, 1.82) is 0 Å². The molecule has 0 saturated carbocycles. The molecule has 6 N–H and O–H groups in total. The highest BCUT2D eigenvalue weighted by Gasteiger charge is 2.48. The smallest absolute Gasteiger partial charge is 0.320 e. The number of hydrogen-bond donors (Lipinski definition) is 6. The molecule has 4 aromatic rings. The summed E-state index contributed by atoms with van der Waals surface area (Å²) in [6.07, 6.45) is -0.852. The number of hydrogen-bond acceptors (Lipinski definition) is 15. The van der Waals surface area contributed by atoms with Crippen molar-refractivity contribution in [3.05, 3.63) is 23.2 Å². The molecule has 8 heterocycles. The van der Waals surface area contributed by atoms with Gasteiger partial charge in [-0.05, 0) is 62.7 Å². The normalized spacial score (nSPS) is 27.8. The average molecular weight is 818 g/mol. The van der Waals surface area contributed by atoms with Crippen molar-refractivity contribution < 1.29 is 34.1 Å². The number of carbonyl (C=O) groups is 3. The zero-order chi connectivity index (χ0) is 39.2. The average Bonchev–Trinajstić information content (AvgIpc) is 4.02. The van der Waals surface area contributed by atoms with E-state index in [2.05, 4.69) is 51.2 Å². The first kappa shape index (κ1) is 38.2. The first-order valence-electron chi connectivity index (χ1n) is 18.6. The van der Waals surface area contributed by atoms with Crippen LogP contribution < -0.4 is 21.3 Å². The lowest BCUT2D eigenvalue weighted by Gasteiger charge is -2.25. The van der Waals surface area contributed by atoms with Crippen LogP contribution in [0.4, 0.5) is 16.4 Å². The van der Waals surface area contributed by atoms with Crippen LogP contribution in [-0.2, 0) is 19.1 Å². The van der Waals surface area contributed by atoms with Crippen LogP contribution >= 0.6 is 23.2 Å². The van der Waals surface area contributed by atoms with Crippen molar-refractivity contribution in [2.45, 2.75) is 88.5 Å². The van der Waals surface area contributed by atoms with Crippen LogP contribution in [0.1, 0.15) is 52.0 Å². The SMILES string of the molecule is CCNC(=O)[C@@H]1CC[C@H](n2cnc3c(N[C@H]4CCN(C(=O)N5CC[C@@H](Nc6nc(Cl)nc7c6ncn7[C@@H]6O[C@H](C(=O)NCC)[C@@H](O)[C@H]6O)C5)C4)nc(Cl)nc32)O1. The van der Waals surface area contributed by atoms with Crippen molar-refractivity contribution in [2.24, 2.45) is 0 Å². The number of ether oxygens (including phenoxy) is 2. The number of rotatable bonds is 10. The predicted molar refractivity (Wildman–Crippen MR) is 200 cm³/mol. The highest BCUT2D eigenvalue weighted by atomic mass is 35.5. The van der Waals surface area contributed by atoms with E-state index in [1.807, 2.05) is 6.92 Å². The van der Waals surface area contributed by atoms with Crippen molar-refractivity contribution in [1.82, 2.24) is 59.5 Å². The maximum atomic E-state index is 13.7. The predicted octanol–water partition coefficient (Wildman–Crippen LogP) is 0.634. The van der Waals surface area contributed by atoms with Crippen molar-refractivity contribution in [2.75, 3.05) is 49.9 Å². The number of aliphatic hydroxyl groups is 2. The van der Waals surface area contributed by atoms with Crippen LogP contribution in [-0.4, -0.2) is 153 Å². The van der Waals surface area contributed by atoms with Crippen LogP contribution in [0.5, 0.6) is 0 Å². The fourth-order valence-corrected chi connectivity index (χ4v) is 8.08. The molecule has 8 rings (SSSR count). The summed E-state index contributed by atoms with van der Waals surface area (Å²) in [7, 11) is 0. The molecule has 0 bridgehead atoms. The third-order valence-electron chi connectivity index (χ3n) is 10.5. The van der Waals surface area contributed by atoms with Crippen molar-refractivity contribution in [3.8, 4) is 0 Å². The Labute approximate surface area is 329 Å². The summed E-state index contributed by atoms with van der Waals surface area (Å²) in [6.45, 7) is 6.31. The maximum absolute atomic E-state index is 13.7. The molecule has 4 aliphatic heterocycles. The summed E-state index contributed by atoms with van der Waals surface area (Å²) in [5, 5.41) is 33.4. The van der Waals surface area contributed by atoms with Gasteiger partial charge in [0.25, 0.3) is 5.91 Å². The Kier molecular flexibility index (Phi) is 10.7. The van der Waals surface area contributed by atoms with E-state index in [4.69, 9.17) is 32.7 Å². The number of carbonyl (C=O) groups excluding carboxylic acids is 3. The number of nitrogens with one attached hydrogen (secondary N) is 4. The van der Waals surface area contributed by atoms with Crippen molar-refractivity contribution >= 4 is 75.0 Å². The van der Waals surface area contributed by atoms with Gasteiger partial charge in [-0.15, -0.1) is 0 Å². The third-order valence-corrected chi connectivity index (χ3v) is 10.8. The Bertz CT molecular complexity index is 2140. The molecule has 0 aliphatic carbocycles. The first-order chi connectivity index (χ1) is 27.0. The van der Waals surface area contributed by atoms with Crippen LogP contribution in [0.2, 0.25) is 10.6 Å². The minimum Gasteiger partial charge on any atom is -0.387 e. The second kappa shape index (κ2) is 15.7. The Morgan fingerprint density at radius 1 is 0.750 bits per heavy atom. The standard InChI is InChI=1S/C33H42Cl2N14O7/c1-3-36-28(52)17-5-6-18(55-17)48-13-38-19-24(42-31(34)44-26(19)48)40-15-7-9-46(11-15)33(54)47-10-8-16(12-47)41-25-20-27(45-32(35)43-25)49(14-39-20)30-22(51)21(50)23(56-30)29(53)37-4-2/h13-18,21-23,30,50-51H,3-12H2,1-2H3,(H,36,52)(H,37,53)(H,40,42,44)(H,41,43,45)/t15-,16+,17-,18+,21-,22+,23-,30+/m0/s1. The van der Waals surface area contributed by atoms with Crippen LogP contribution in [0.25, 0.3) is 22.3 Å². The van der Waals surface area contributed by atoms with Gasteiger partial charge in [-0.2, -0.15) is 19.9 Å². The summed E-state index contributed by atoms with van der Waals surface area (Å²) in [4.78, 5) is 68.5. The molecule has 0 radical (unpaired) electrons. The molecule has 8 atom stereocenters. The van der Waals surface area contributed by atoms with Gasteiger partial charge in [-0.3, -0.25) is 18.7 Å². The second-order valence-electron chi connectivity index (χ2n) is 14.1. The van der Waals surface area contributed by atoms with E-state index in [0.29, 0.717) is 93.3 Å². The van der Waals surface area contributed by atoms with E-state index < -0.39 is 42.8 Å². The highest BCUT2D eigenvalue weighted by molar-refractivity contribution is 6.29. The third kappa shape index (κ3) is 7.22. The number of aromatic nitrogens is 8. The van der Waals surface area contributed by atoms with E-state index in [0.717, 1.165) is 0 Å². The number of halogens is 2. The number of amides is 4. The lowest BCUT2D eigenvalue weighted by Crippen LogP contribution is -2.42. The molecule has 56 heavy (non-hydrogen) atoms. The molecule has 300 valence electrons. The van der Waals surface area contributed by atoms with Gasteiger partial charge in [0.1, 0.15) is 24.5 Å². The van der Waals surface area contributed by atoms with E-state index in [1.54, 1.807) is 27.6 Å². The number of nitrogens with zero attached hydrogens (tertiary/aromatic N) is 10. The van der Waals surface area contributed by atoms with Gasteiger partial charge in [-0.1, -0.05) is 0 Å². The van der Waals surface area contributed by atoms with Gasteiger partial charge in [-0.25, -0.2) is 14.8 Å². The maximum Gasteiger partial charge on any atom is 0.320 e. The summed E-state index contributed by atoms with van der Waals surface area (Å²) in [6, 6.07) is -0.402. The molecule has 23 heteroatoms. The number of likely N-dealkylation sites (N-methyl/N-ethyl adjacent to an activating group) is 2. The molecule has 4 saturated heterocycles. The summed E-state index contributed by atoms with van der Waals surface area (Å²) >= 11 is 12.7. The number of aliphatic hydroxyl groups excluding tert-OH is 2. The lowest BCUT2D eigenvalue weighted by atomic mass is 10.1. The lowest BCUT2D eigenvalue weighted by molar-refractivity contribution is -0.137. The minimum atomic E-state index is -1.47. The van der Waals surface area contributed by atoms with Crippen LogP contribution in [0.15, 0.2) is 12.7 Å².